The number of nitrogens with two attached hydrogens (primary N) is 1. The molecule has 0 saturated carbocycles. The molecule has 0 aliphatic heterocycles. The smallest absolute Gasteiger partial charge is 0.391 e. The van der Waals surface area contributed by atoms with Crippen LogP contribution in [0.25, 0.3) is 11.4 Å². The highest BCUT2D eigenvalue weighted by Gasteiger charge is 2.32. The molecule has 1 aromatic carbocycles. The molecule has 0 aliphatic rings. The van der Waals surface area contributed by atoms with Crippen molar-refractivity contribution in [1.29, 1.82) is 0 Å². The van der Waals surface area contributed by atoms with Crippen LogP contribution in [0.5, 0.6) is 0 Å². The maximum Gasteiger partial charge on any atom is 0.391 e. The first-order valence-electron chi connectivity index (χ1n) is 5.68. The SMILES string of the molecule is CC(CC(F)(F)F)n1nnnc1-c1cc(N)ccc1Br. The number of anilines is 1. The van der Waals surface area contributed by atoms with E-state index < -0.39 is 18.6 Å². The molecule has 108 valence electrons. The lowest BCUT2D eigenvalue weighted by molar-refractivity contribution is -0.142. The van der Waals surface area contributed by atoms with Gasteiger partial charge in [0.1, 0.15) is 0 Å². The predicted octanol–water partition coefficient (Wildman–Crippen LogP) is 3.20. The molecule has 0 amide bonds. The fraction of sp³-hybridized carbons (Fsp3) is 0.364. The van der Waals surface area contributed by atoms with Gasteiger partial charge in [0.2, 0.25) is 0 Å². The summed E-state index contributed by atoms with van der Waals surface area (Å²) in [5.41, 5.74) is 6.70. The summed E-state index contributed by atoms with van der Waals surface area (Å²) in [5.74, 6) is 0.237. The van der Waals surface area contributed by atoms with Gasteiger partial charge in [0, 0.05) is 15.7 Å². The van der Waals surface area contributed by atoms with Crippen LogP contribution in [0.4, 0.5) is 18.9 Å². The van der Waals surface area contributed by atoms with Crippen molar-refractivity contribution in [3.8, 4) is 11.4 Å². The Hall–Kier alpha value is -1.64. The van der Waals surface area contributed by atoms with E-state index in [2.05, 4.69) is 31.5 Å². The first kappa shape index (κ1) is 14.8. The van der Waals surface area contributed by atoms with E-state index in [9.17, 15) is 13.2 Å². The van der Waals surface area contributed by atoms with Crippen molar-refractivity contribution in [1.82, 2.24) is 20.2 Å². The molecule has 2 N–H and O–H groups in total. The summed E-state index contributed by atoms with van der Waals surface area (Å²) < 4.78 is 39.2. The first-order chi connectivity index (χ1) is 9.28. The van der Waals surface area contributed by atoms with Gasteiger partial charge in [-0.15, -0.1) is 5.10 Å². The van der Waals surface area contributed by atoms with E-state index >= 15 is 0 Å². The topological polar surface area (TPSA) is 69.6 Å². The van der Waals surface area contributed by atoms with Crippen LogP contribution < -0.4 is 5.73 Å². The quantitative estimate of drug-likeness (QED) is 0.864. The summed E-state index contributed by atoms with van der Waals surface area (Å²) >= 11 is 3.31. The second-order valence-corrected chi connectivity index (χ2v) is 5.21. The summed E-state index contributed by atoms with van der Waals surface area (Å²) in [7, 11) is 0. The van der Waals surface area contributed by atoms with Gasteiger partial charge in [0.15, 0.2) is 5.82 Å². The molecule has 1 atom stereocenters. The van der Waals surface area contributed by atoms with Gasteiger partial charge in [0.05, 0.1) is 12.5 Å². The second-order valence-electron chi connectivity index (χ2n) is 4.35. The maximum absolute atomic E-state index is 12.5. The van der Waals surface area contributed by atoms with Crippen molar-refractivity contribution in [3.63, 3.8) is 0 Å². The van der Waals surface area contributed by atoms with Crippen LogP contribution in [0.3, 0.4) is 0 Å². The zero-order chi connectivity index (χ0) is 14.9. The minimum absolute atomic E-state index is 0.237. The van der Waals surface area contributed by atoms with E-state index in [1.807, 2.05) is 0 Å². The minimum atomic E-state index is -4.28. The molecule has 0 aliphatic carbocycles. The summed E-state index contributed by atoms with van der Waals surface area (Å²) in [6.45, 7) is 1.41. The van der Waals surface area contributed by atoms with E-state index in [0.717, 1.165) is 4.68 Å². The lowest BCUT2D eigenvalue weighted by Gasteiger charge is -2.16. The molecule has 1 heterocycles. The lowest BCUT2D eigenvalue weighted by atomic mass is 10.1. The number of hydrogen-bond acceptors (Lipinski definition) is 4. The normalized spacial score (nSPS) is 13.4. The summed E-state index contributed by atoms with van der Waals surface area (Å²) in [5, 5.41) is 10.9. The van der Waals surface area contributed by atoms with E-state index in [0.29, 0.717) is 15.7 Å². The van der Waals surface area contributed by atoms with Gasteiger partial charge in [-0.05, 0) is 35.5 Å². The molecule has 2 aromatic rings. The highest BCUT2D eigenvalue weighted by Crippen LogP contribution is 2.32. The standard InChI is InChI=1S/C11H11BrF3N5/c1-6(5-11(13,14)15)20-10(17-18-19-20)8-4-7(16)2-3-9(8)12/h2-4,6H,5,16H2,1H3. The largest absolute Gasteiger partial charge is 0.399 e. The van der Waals surface area contributed by atoms with Crippen LogP contribution in [0, 0.1) is 0 Å². The third kappa shape index (κ3) is 3.27. The van der Waals surface area contributed by atoms with E-state index in [4.69, 9.17) is 5.73 Å². The number of rotatable bonds is 3. The van der Waals surface area contributed by atoms with Gasteiger partial charge in [-0.3, -0.25) is 0 Å². The number of tetrazole rings is 1. The van der Waals surface area contributed by atoms with Crippen LogP contribution in [-0.2, 0) is 0 Å². The van der Waals surface area contributed by atoms with Crippen molar-refractivity contribution in [2.75, 3.05) is 5.73 Å². The molecule has 5 nitrogen and oxygen atoms in total. The van der Waals surface area contributed by atoms with Gasteiger partial charge >= 0.3 is 6.18 Å². The Kier molecular flexibility index (Phi) is 3.98. The maximum atomic E-state index is 12.5. The fourth-order valence-corrected chi connectivity index (χ4v) is 2.23. The zero-order valence-corrected chi connectivity index (χ0v) is 12.0. The van der Waals surface area contributed by atoms with Crippen LogP contribution in [0.2, 0.25) is 0 Å². The summed E-state index contributed by atoms with van der Waals surface area (Å²) in [6.07, 6.45) is -5.29. The molecule has 2 rings (SSSR count). The molecule has 0 radical (unpaired) electrons. The zero-order valence-electron chi connectivity index (χ0n) is 10.4. The molecule has 0 bridgehead atoms. The number of aromatic nitrogens is 4. The monoisotopic (exact) mass is 349 g/mol. The van der Waals surface area contributed by atoms with Crippen molar-refractivity contribution in [3.05, 3.63) is 22.7 Å². The van der Waals surface area contributed by atoms with E-state index in [1.54, 1.807) is 18.2 Å². The summed E-state index contributed by atoms with van der Waals surface area (Å²) in [4.78, 5) is 0. The Morgan fingerprint density at radius 3 is 2.75 bits per heavy atom. The Labute approximate surface area is 121 Å². The molecule has 20 heavy (non-hydrogen) atoms. The van der Waals surface area contributed by atoms with Crippen LogP contribution in [0.1, 0.15) is 19.4 Å². The van der Waals surface area contributed by atoms with Crippen molar-refractivity contribution in [2.24, 2.45) is 0 Å². The molecule has 9 heteroatoms. The lowest BCUT2D eigenvalue weighted by Crippen LogP contribution is -2.18. The minimum Gasteiger partial charge on any atom is -0.399 e. The van der Waals surface area contributed by atoms with E-state index in [-0.39, 0.29) is 5.82 Å². The van der Waals surface area contributed by atoms with Crippen molar-refractivity contribution in [2.45, 2.75) is 25.6 Å². The number of benzene rings is 1. The third-order valence-corrected chi connectivity index (χ3v) is 3.36. The third-order valence-electron chi connectivity index (χ3n) is 2.67. The molecular formula is C11H11BrF3N5. The fourth-order valence-electron chi connectivity index (χ4n) is 1.80. The molecule has 0 fully saturated rings. The van der Waals surface area contributed by atoms with Gasteiger partial charge in [-0.1, -0.05) is 15.9 Å². The Bertz CT molecular complexity index is 610. The van der Waals surface area contributed by atoms with Gasteiger partial charge in [0.25, 0.3) is 0 Å². The van der Waals surface area contributed by atoms with Gasteiger partial charge < -0.3 is 5.73 Å². The van der Waals surface area contributed by atoms with E-state index in [1.165, 1.54) is 6.92 Å². The van der Waals surface area contributed by atoms with Crippen LogP contribution in [0.15, 0.2) is 22.7 Å². The second kappa shape index (κ2) is 5.39. The van der Waals surface area contributed by atoms with Crippen LogP contribution >= 0.6 is 15.9 Å². The highest BCUT2D eigenvalue weighted by atomic mass is 79.9. The average Bonchev–Trinajstić information content (AvgIpc) is 2.79. The summed E-state index contributed by atoms with van der Waals surface area (Å²) in [6, 6.07) is 4.05. The number of hydrogen-bond donors (Lipinski definition) is 1. The molecule has 0 saturated heterocycles. The van der Waals surface area contributed by atoms with Gasteiger partial charge in [-0.25, -0.2) is 4.68 Å². The highest BCUT2D eigenvalue weighted by molar-refractivity contribution is 9.10. The number of alkyl halides is 3. The van der Waals surface area contributed by atoms with Crippen molar-refractivity contribution >= 4 is 21.6 Å². The van der Waals surface area contributed by atoms with Crippen LogP contribution in [-0.4, -0.2) is 26.4 Å². The Morgan fingerprint density at radius 1 is 1.40 bits per heavy atom. The molecule has 0 spiro atoms. The molecule has 1 unspecified atom stereocenters. The molecule has 1 aromatic heterocycles. The Balaban J connectivity index is 2.40. The predicted molar refractivity (Wildman–Crippen MR) is 70.7 cm³/mol. The van der Waals surface area contributed by atoms with Gasteiger partial charge in [-0.2, -0.15) is 13.2 Å². The first-order valence-corrected chi connectivity index (χ1v) is 6.47. The number of nitrogen functional groups attached to an aromatic ring is 1. The van der Waals surface area contributed by atoms with Crippen molar-refractivity contribution < 1.29 is 13.2 Å². The average molecular weight is 350 g/mol. The number of nitrogens with zero attached hydrogens (tertiary/aromatic N) is 4. The number of halogens is 4. The molecular weight excluding hydrogens is 339 g/mol. The Morgan fingerprint density at radius 2 is 2.10 bits per heavy atom.